The highest BCUT2D eigenvalue weighted by molar-refractivity contribution is 9.10. The minimum atomic E-state index is -0.643. The maximum Gasteiger partial charge on any atom is 0.261 e. The lowest BCUT2D eigenvalue weighted by Gasteiger charge is -2.31. The van der Waals surface area contributed by atoms with Gasteiger partial charge in [-0.2, -0.15) is 0 Å². The van der Waals surface area contributed by atoms with Crippen molar-refractivity contribution >= 4 is 50.9 Å². The summed E-state index contributed by atoms with van der Waals surface area (Å²) in [5.41, 5.74) is 0.764. The van der Waals surface area contributed by atoms with Crippen LogP contribution in [0.2, 0.25) is 10.0 Å². The molecule has 8 heteroatoms. The van der Waals surface area contributed by atoms with Gasteiger partial charge in [-0.25, -0.2) is 0 Å². The molecule has 0 aromatic heterocycles. The summed E-state index contributed by atoms with van der Waals surface area (Å²) >= 11 is 15.7. The van der Waals surface area contributed by atoms with Crippen molar-refractivity contribution in [2.24, 2.45) is 0 Å². The molecule has 0 spiro atoms. The summed E-state index contributed by atoms with van der Waals surface area (Å²) in [5.74, 6) is -0.00889. The van der Waals surface area contributed by atoms with E-state index in [0.717, 1.165) is 12.0 Å². The molecule has 0 saturated heterocycles. The second-order valence-corrected chi connectivity index (χ2v) is 8.92. The van der Waals surface area contributed by atoms with E-state index in [1.807, 2.05) is 39.0 Å². The molecule has 31 heavy (non-hydrogen) atoms. The Balaban J connectivity index is 2.25. The number of hydrogen-bond donors (Lipinski definition) is 1. The van der Waals surface area contributed by atoms with Crippen molar-refractivity contribution in [3.8, 4) is 5.75 Å². The Kier molecular flexibility index (Phi) is 10.1. The third-order valence-electron chi connectivity index (χ3n) is 4.93. The number of nitrogens with zero attached hydrogens (tertiary/aromatic N) is 1. The molecule has 0 heterocycles. The van der Waals surface area contributed by atoms with Crippen LogP contribution in [0.1, 0.15) is 39.2 Å². The molecule has 2 atom stereocenters. The van der Waals surface area contributed by atoms with Crippen molar-refractivity contribution in [2.75, 3.05) is 6.61 Å². The first-order valence-corrected chi connectivity index (χ1v) is 11.7. The summed E-state index contributed by atoms with van der Waals surface area (Å²) in [6.45, 7) is 5.79. The Labute approximate surface area is 202 Å². The summed E-state index contributed by atoms with van der Waals surface area (Å²) in [4.78, 5) is 27.7. The Morgan fingerprint density at radius 1 is 1.13 bits per heavy atom. The molecule has 0 fully saturated rings. The van der Waals surface area contributed by atoms with Crippen molar-refractivity contribution in [2.45, 2.75) is 52.2 Å². The first kappa shape index (κ1) is 25.5. The van der Waals surface area contributed by atoms with Crippen LogP contribution in [0.4, 0.5) is 0 Å². The lowest BCUT2D eigenvalue weighted by Crippen LogP contribution is -2.51. The quantitative estimate of drug-likeness (QED) is 0.419. The van der Waals surface area contributed by atoms with Gasteiger partial charge >= 0.3 is 0 Å². The Bertz CT molecular complexity index is 910. The molecule has 5 nitrogen and oxygen atoms in total. The standard InChI is InChI=1S/C23H27BrCl2N2O3/c1-4-15(3)27-23(30)20(5-2)28(13-16-8-6-7-9-19(16)26)22(29)14-31-21-11-10-17(25)12-18(21)24/h6-12,15,20H,4-5,13-14H2,1-3H3,(H,27,30)/t15-,20-/m1/s1. The topological polar surface area (TPSA) is 58.6 Å². The normalized spacial score (nSPS) is 12.7. The number of nitrogens with one attached hydrogen (secondary N) is 1. The number of amides is 2. The van der Waals surface area contributed by atoms with E-state index in [9.17, 15) is 9.59 Å². The van der Waals surface area contributed by atoms with E-state index in [2.05, 4.69) is 21.2 Å². The van der Waals surface area contributed by atoms with Gasteiger partial charge in [0.05, 0.1) is 4.47 Å². The molecule has 0 aliphatic carbocycles. The fraction of sp³-hybridized carbons (Fsp3) is 0.391. The molecule has 2 aromatic carbocycles. The fourth-order valence-electron chi connectivity index (χ4n) is 2.99. The van der Waals surface area contributed by atoms with Gasteiger partial charge in [-0.3, -0.25) is 9.59 Å². The average Bonchev–Trinajstić information content (AvgIpc) is 2.74. The SMILES string of the molecule is CC[C@@H](C)NC(=O)[C@@H](CC)N(Cc1ccccc1Cl)C(=O)COc1ccc(Cl)cc1Br. The van der Waals surface area contributed by atoms with E-state index in [0.29, 0.717) is 26.7 Å². The molecule has 0 bridgehead atoms. The number of ether oxygens (including phenoxy) is 1. The summed E-state index contributed by atoms with van der Waals surface area (Å²) in [7, 11) is 0. The number of halogens is 3. The van der Waals surface area contributed by atoms with Crippen LogP contribution >= 0.6 is 39.1 Å². The molecule has 2 aromatic rings. The van der Waals surface area contributed by atoms with Crippen LogP contribution in [-0.2, 0) is 16.1 Å². The van der Waals surface area contributed by atoms with Crippen LogP contribution in [0.3, 0.4) is 0 Å². The molecule has 2 amide bonds. The first-order chi connectivity index (χ1) is 14.8. The van der Waals surface area contributed by atoms with Gasteiger partial charge in [0.15, 0.2) is 6.61 Å². The Hall–Kier alpha value is -1.76. The zero-order chi connectivity index (χ0) is 23.0. The van der Waals surface area contributed by atoms with Crippen LogP contribution in [-0.4, -0.2) is 35.4 Å². The molecule has 0 radical (unpaired) electrons. The highest BCUT2D eigenvalue weighted by Gasteiger charge is 2.30. The molecule has 0 saturated carbocycles. The van der Waals surface area contributed by atoms with Crippen molar-refractivity contribution in [1.29, 1.82) is 0 Å². The van der Waals surface area contributed by atoms with E-state index in [1.165, 1.54) is 4.90 Å². The van der Waals surface area contributed by atoms with E-state index in [1.54, 1.807) is 24.3 Å². The van der Waals surface area contributed by atoms with Crippen molar-refractivity contribution in [3.63, 3.8) is 0 Å². The van der Waals surface area contributed by atoms with Crippen LogP contribution in [0.25, 0.3) is 0 Å². The van der Waals surface area contributed by atoms with E-state index >= 15 is 0 Å². The van der Waals surface area contributed by atoms with Gasteiger partial charge in [-0.15, -0.1) is 0 Å². The van der Waals surface area contributed by atoms with E-state index < -0.39 is 6.04 Å². The Morgan fingerprint density at radius 3 is 2.45 bits per heavy atom. The highest BCUT2D eigenvalue weighted by atomic mass is 79.9. The number of carbonyl (C=O) groups excluding carboxylic acids is 2. The lowest BCUT2D eigenvalue weighted by atomic mass is 10.1. The monoisotopic (exact) mass is 528 g/mol. The third-order valence-corrected chi connectivity index (χ3v) is 6.15. The molecule has 1 N–H and O–H groups in total. The van der Waals surface area contributed by atoms with E-state index in [-0.39, 0.29) is 31.0 Å². The third kappa shape index (κ3) is 7.41. The number of benzene rings is 2. The van der Waals surface area contributed by atoms with Gasteiger partial charge in [-0.05, 0) is 65.5 Å². The zero-order valence-electron chi connectivity index (χ0n) is 17.8. The second-order valence-electron chi connectivity index (χ2n) is 7.22. The van der Waals surface area contributed by atoms with Gasteiger partial charge in [0.1, 0.15) is 11.8 Å². The molecule has 168 valence electrons. The molecule has 0 aliphatic rings. The van der Waals surface area contributed by atoms with Gasteiger partial charge in [0, 0.05) is 22.6 Å². The van der Waals surface area contributed by atoms with Crippen molar-refractivity contribution in [1.82, 2.24) is 10.2 Å². The minimum Gasteiger partial charge on any atom is -0.483 e. The van der Waals surface area contributed by atoms with Crippen molar-refractivity contribution < 1.29 is 14.3 Å². The number of carbonyl (C=O) groups is 2. The minimum absolute atomic E-state index is 0.0140. The maximum atomic E-state index is 13.2. The predicted molar refractivity (Wildman–Crippen MR) is 129 cm³/mol. The number of rotatable bonds is 10. The summed E-state index contributed by atoms with van der Waals surface area (Å²) in [6, 6.07) is 11.7. The second kappa shape index (κ2) is 12.3. The highest BCUT2D eigenvalue weighted by Crippen LogP contribution is 2.28. The van der Waals surface area contributed by atoms with Gasteiger partial charge < -0.3 is 15.0 Å². The largest absolute Gasteiger partial charge is 0.483 e. The summed E-state index contributed by atoms with van der Waals surface area (Å²) in [6.07, 6.45) is 1.26. The first-order valence-electron chi connectivity index (χ1n) is 10.2. The van der Waals surface area contributed by atoms with Gasteiger partial charge in [0.2, 0.25) is 5.91 Å². The molecule has 0 unspecified atom stereocenters. The van der Waals surface area contributed by atoms with E-state index in [4.69, 9.17) is 27.9 Å². The van der Waals surface area contributed by atoms with Crippen LogP contribution in [0, 0.1) is 0 Å². The maximum absolute atomic E-state index is 13.2. The smallest absolute Gasteiger partial charge is 0.261 e. The fourth-order valence-corrected chi connectivity index (χ4v) is 3.98. The number of hydrogen-bond acceptors (Lipinski definition) is 3. The molecular weight excluding hydrogens is 503 g/mol. The van der Waals surface area contributed by atoms with Crippen LogP contribution < -0.4 is 10.1 Å². The van der Waals surface area contributed by atoms with Crippen molar-refractivity contribution in [3.05, 3.63) is 62.5 Å². The predicted octanol–water partition coefficient (Wildman–Crippen LogP) is 5.86. The summed E-state index contributed by atoms with van der Waals surface area (Å²) < 4.78 is 6.36. The summed E-state index contributed by atoms with van der Waals surface area (Å²) in [5, 5.41) is 4.07. The molecule has 2 rings (SSSR count). The molecular formula is C23H27BrCl2N2O3. The van der Waals surface area contributed by atoms with Gasteiger partial charge in [0.25, 0.3) is 5.91 Å². The zero-order valence-corrected chi connectivity index (χ0v) is 20.9. The average molecular weight is 530 g/mol. The lowest BCUT2D eigenvalue weighted by molar-refractivity contribution is -0.143. The van der Waals surface area contributed by atoms with Crippen LogP contribution in [0.15, 0.2) is 46.9 Å². The Morgan fingerprint density at radius 2 is 1.84 bits per heavy atom. The van der Waals surface area contributed by atoms with Crippen LogP contribution in [0.5, 0.6) is 5.75 Å². The van der Waals surface area contributed by atoms with Gasteiger partial charge in [-0.1, -0.05) is 55.2 Å². The molecule has 0 aliphatic heterocycles.